The van der Waals surface area contributed by atoms with Crippen LogP contribution in [0.25, 0.3) is 5.70 Å². The summed E-state index contributed by atoms with van der Waals surface area (Å²) in [6.07, 6.45) is 3.90. The summed E-state index contributed by atoms with van der Waals surface area (Å²) in [5.74, 6) is 1.22. The number of hydrogen-bond acceptors (Lipinski definition) is 6. The highest BCUT2D eigenvalue weighted by atomic mass is 16.5. The molecule has 0 spiro atoms. The van der Waals surface area contributed by atoms with Gasteiger partial charge in [-0.15, -0.1) is 0 Å². The van der Waals surface area contributed by atoms with Crippen molar-refractivity contribution in [3.05, 3.63) is 88.3 Å². The number of aromatic nitrogens is 1. The molecule has 3 heterocycles. The Balaban J connectivity index is 1.09. The SMILES string of the molecule is CN1CCN(c2ccc3c(c2)CC2=NC(c4ccc(CC(=O)Cc5cc(C(C)(C)C)on5)cc4)=CC23)CC1. The van der Waals surface area contributed by atoms with E-state index in [0.29, 0.717) is 12.1 Å². The molecule has 6 rings (SSSR count). The fourth-order valence-electron chi connectivity index (χ4n) is 5.63. The highest BCUT2D eigenvalue weighted by molar-refractivity contribution is 6.06. The molecule has 0 amide bonds. The third kappa shape index (κ3) is 4.97. The number of Topliss-reactive ketones (excluding diaryl/α,β-unsaturated/α-hetero) is 1. The molecule has 1 fully saturated rings. The van der Waals surface area contributed by atoms with E-state index in [1.807, 2.05) is 18.2 Å². The van der Waals surface area contributed by atoms with E-state index in [2.05, 4.69) is 79.2 Å². The molecular weight excluding hydrogens is 472 g/mol. The molecule has 2 aliphatic heterocycles. The van der Waals surface area contributed by atoms with Crippen molar-refractivity contribution in [1.29, 1.82) is 0 Å². The number of benzene rings is 2. The van der Waals surface area contributed by atoms with Gasteiger partial charge in [-0.25, -0.2) is 0 Å². The summed E-state index contributed by atoms with van der Waals surface area (Å²) in [5, 5.41) is 4.08. The minimum Gasteiger partial charge on any atom is -0.369 e. The molecule has 3 aromatic rings. The van der Waals surface area contributed by atoms with E-state index in [1.165, 1.54) is 22.5 Å². The molecule has 1 saturated heterocycles. The van der Waals surface area contributed by atoms with Crippen molar-refractivity contribution >= 4 is 22.9 Å². The second-order valence-corrected chi connectivity index (χ2v) is 12.0. The number of hydrogen-bond donors (Lipinski definition) is 0. The van der Waals surface area contributed by atoms with Crippen LogP contribution in [0.1, 0.15) is 60.4 Å². The van der Waals surface area contributed by atoms with Crippen molar-refractivity contribution in [2.75, 3.05) is 38.1 Å². The largest absolute Gasteiger partial charge is 0.369 e. The van der Waals surface area contributed by atoms with E-state index < -0.39 is 0 Å². The average molecular weight is 509 g/mol. The van der Waals surface area contributed by atoms with Gasteiger partial charge in [-0.1, -0.05) is 56.3 Å². The van der Waals surface area contributed by atoms with Gasteiger partial charge in [0.1, 0.15) is 11.5 Å². The van der Waals surface area contributed by atoms with Crippen LogP contribution in [0.2, 0.25) is 0 Å². The molecule has 1 aliphatic carbocycles. The number of likely N-dealkylation sites (N-methyl/N-ethyl adjacent to an activating group) is 1. The van der Waals surface area contributed by atoms with Gasteiger partial charge in [0, 0.05) is 67.8 Å². The molecule has 196 valence electrons. The smallest absolute Gasteiger partial charge is 0.143 e. The number of anilines is 1. The van der Waals surface area contributed by atoms with E-state index in [-0.39, 0.29) is 23.5 Å². The molecule has 2 aromatic carbocycles. The van der Waals surface area contributed by atoms with Gasteiger partial charge in [-0.3, -0.25) is 9.79 Å². The quantitative estimate of drug-likeness (QED) is 0.457. The first-order chi connectivity index (χ1) is 18.2. The second-order valence-electron chi connectivity index (χ2n) is 12.0. The number of ketones is 1. The van der Waals surface area contributed by atoms with Crippen molar-refractivity contribution in [3.63, 3.8) is 0 Å². The maximum atomic E-state index is 12.7. The van der Waals surface area contributed by atoms with Gasteiger partial charge in [0.2, 0.25) is 0 Å². The molecule has 38 heavy (non-hydrogen) atoms. The van der Waals surface area contributed by atoms with Gasteiger partial charge >= 0.3 is 0 Å². The first kappa shape index (κ1) is 24.8. The van der Waals surface area contributed by atoms with Crippen molar-refractivity contribution < 1.29 is 9.32 Å². The zero-order valence-corrected chi connectivity index (χ0v) is 22.8. The highest BCUT2D eigenvalue weighted by Crippen LogP contribution is 2.41. The minimum atomic E-state index is -0.115. The molecule has 1 unspecified atom stereocenters. The standard InChI is InChI=1S/C32H36N4O2/c1-32(2,3)31-19-24(34-38-31)18-26(37)15-21-5-7-22(8-6-21)29-20-28-27-10-9-25(16-23(27)17-30(28)33-29)36-13-11-35(4)12-14-36/h5-10,16,19-20,28H,11-15,17-18H2,1-4H3. The number of aliphatic imine (C=N–C) groups is 1. The zero-order valence-electron chi connectivity index (χ0n) is 22.8. The Hall–Kier alpha value is -3.51. The van der Waals surface area contributed by atoms with Crippen LogP contribution in [-0.4, -0.2) is 54.8 Å². The van der Waals surface area contributed by atoms with Gasteiger partial charge in [-0.05, 0) is 47.5 Å². The predicted octanol–water partition coefficient (Wildman–Crippen LogP) is 5.21. The zero-order chi connectivity index (χ0) is 26.4. The maximum Gasteiger partial charge on any atom is 0.143 e. The molecule has 0 N–H and O–H groups in total. The van der Waals surface area contributed by atoms with Gasteiger partial charge in [-0.2, -0.15) is 0 Å². The lowest BCUT2D eigenvalue weighted by atomic mass is 9.93. The van der Waals surface area contributed by atoms with E-state index in [1.54, 1.807) is 0 Å². The van der Waals surface area contributed by atoms with Crippen molar-refractivity contribution in [2.45, 2.75) is 51.4 Å². The van der Waals surface area contributed by atoms with E-state index in [9.17, 15) is 4.79 Å². The van der Waals surface area contributed by atoms with Crippen LogP contribution in [0.5, 0.6) is 0 Å². The van der Waals surface area contributed by atoms with Gasteiger partial charge in [0.15, 0.2) is 0 Å². The Morgan fingerprint density at radius 1 is 1.00 bits per heavy atom. The number of fused-ring (bicyclic) bond motifs is 3. The summed E-state index contributed by atoms with van der Waals surface area (Å²) >= 11 is 0. The number of piperazine rings is 1. The molecule has 1 atom stereocenters. The predicted molar refractivity (Wildman–Crippen MR) is 152 cm³/mol. The van der Waals surface area contributed by atoms with Crippen molar-refractivity contribution in [2.24, 2.45) is 4.99 Å². The van der Waals surface area contributed by atoms with Crippen LogP contribution >= 0.6 is 0 Å². The topological polar surface area (TPSA) is 61.9 Å². The molecule has 6 nitrogen and oxygen atoms in total. The van der Waals surface area contributed by atoms with Crippen LogP contribution in [0.3, 0.4) is 0 Å². The van der Waals surface area contributed by atoms with Crippen LogP contribution in [-0.2, 0) is 29.5 Å². The number of nitrogens with zero attached hydrogens (tertiary/aromatic N) is 4. The van der Waals surface area contributed by atoms with Gasteiger partial charge in [0.25, 0.3) is 0 Å². The number of allylic oxidation sites excluding steroid dienone is 1. The number of carbonyl (C=O) groups excluding carboxylic acids is 1. The summed E-state index contributed by atoms with van der Waals surface area (Å²) in [4.78, 5) is 22.6. The van der Waals surface area contributed by atoms with Gasteiger partial charge < -0.3 is 14.3 Å². The van der Waals surface area contributed by atoms with Crippen molar-refractivity contribution in [3.8, 4) is 0 Å². The Morgan fingerprint density at radius 2 is 1.76 bits per heavy atom. The summed E-state index contributed by atoms with van der Waals surface area (Å²) < 4.78 is 5.42. The Bertz CT molecular complexity index is 1420. The summed E-state index contributed by atoms with van der Waals surface area (Å²) in [7, 11) is 2.19. The highest BCUT2D eigenvalue weighted by Gasteiger charge is 2.32. The first-order valence-corrected chi connectivity index (χ1v) is 13.7. The molecule has 1 aromatic heterocycles. The fraction of sp³-hybridized carbons (Fsp3) is 0.406. The average Bonchev–Trinajstić information content (AvgIpc) is 3.59. The Morgan fingerprint density at radius 3 is 2.47 bits per heavy atom. The minimum absolute atomic E-state index is 0.115. The van der Waals surface area contributed by atoms with Crippen LogP contribution in [0.15, 0.2) is 64.1 Å². The van der Waals surface area contributed by atoms with E-state index in [0.717, 1.165) is 55.2 Å². The van der Waals surface area contributed by atoms with Crippen LogP contribution in [0.4, 0.5) is 5.69 Å². The third-order valence-electron chi connectivity index (χ3n) is 7.98. The first-order valence-electron chi connectivity index (χ1n) is 13.7. The van der Waals surface area contributed by atoms with E-state index in [4.69, 9.17) is 9.52 Å². The van der Waals surface area contributed by atoms with E-state index >= 15 is 0 Å². The fourth-order valence-corrected chi connectivity index (χ4v) is 5.63. The van der Waals surface area contributed by atoms with Crippen LogP contribution < -0.4 is 4.90 Å². The van der Waals surface area contributed by atoms with Crippen molar-refractivity contribution in [1.82, 2.24) is 10.1 Å². The Labute approximate surface area is 225 Å². The molecule has 0 radical (unpaired) electrons. The second kappa shape index (κ2) is 9.66. The van der Waals surface area contributed by atoms with Crippen LogP contribution in [0, 0.1) is 0 Å². The normalized spacial score (nSPS) is 19.3. The summed E-state index contributed by atoms with van der Waals surface area (Å²) in [5.41, 5.74) is 9.11. The monoisotopic (exact) mass is 508 g/mol. The molecule has 6 heteroatoms. The number of rotatable bonds is 6. The molecule has 3 aliphatic rings. The Kier molecular flexibility index (Phi) is 6.31. The molecule has 0 saturated carbocycles. The maximum absolute atomic E-state index is 12.7. The lowest BCUT2D eigenvalue weighted by Crippen LogP contribution is -2.44. The van der Waals surface area contributed by atoms with Gasteiger partial charge in [0.05, 0.1) is 17.8 Å². The molecule has 0 bridgehead atoms. The molecular formula is C32H36N4O2. The lowest BCUT2D eigenvalue weighted by Gasteiger charge is -2.34. The number of carbonyl (C=O) groups is 1. The summed E-state index contributed by atoms with van der Waals surface area (Å²) in [6.45, 7) is 10.6. The summed E-state index contributed by atoms with van der Waals surface area (Å²) in [6, 6.07) is 17.1. The lowest BCUT2D eigenvalue weighted by molar-refractivity contribution is -0.117. The third-order valence-corrected chi connectivity index (χ3v) is 7.98.